The van der Waals surface area contributed by atoms with Gasteiger partial charge in [-0.1, -0.05) is 30.4 Å². The molecule has 0 radical (unpaired) electrons. The van der Waals surface area contributed by atoms with E-state index in [2.05, 4.69) is 9.73 Å². The Morgan fingerprint density at radius 1 is 1.36 bits per heavy atom. The van der Waals surface area contributed by atoms with E-state index < -0.39 is 5.97 Å². The zero-order valence-corrected chi connectivity index (χ0v) is 13.9. The van der Waals surface area contributed by atoms with Crippen molar-refractivity contribution in [3.05, 3.63) is 41.3 Å². The summed E-state index contributed by atoms with van der Waals surface area (Å²) < 4.78 is 9.77. The summed E-state index contributed by atoms with van der Waals surface area (Å²) >= 11 is 6.78. The maximum absolute atomic E-state index is 11.4. The van der Waals surface area contributed by atoms with Crippen molar-refractivity contribution in [2.24, 2.45) is 4.99 Å². The van der Waals surface area contributed by atoms with Crippen molar-refractivity contribution in [1.29, 1.82) is 0 Å². The van der Waals surface area contributed by atoms with Gasteiger partial charge in [-0.3, -0.25) is 0 Å². The van der Waals surface area contributed by atoms with E-state index >= 15 is 0 Å². The molecule has 1 aromatic carbocycles. The average Bonchev–Trinajstić information content (AvgIpc) is 2.81. The fourth-order valence-electron chi connectivity index (χ4n) is 1.75. The Kier molecular flexibility index (Phi) is 6.11. The van der Waals surface area contributed by atoms with E-state index in [1.807, 2.05) is 35.2 Å². The number of nitrogens with zero attached hydrogens (tertiary/aromatic N) is 2. The summed E-state index contributed by atoms with van der Waals surface area (Å²) in [5.41, 5.74) is 0.828. The van der Waals surface area contributed by atoms with Crippen LogP contribution in [0.25, 0.3) is 0 Å². The van der Waals surface area contributed by atoms with Crippen LogP contribution in [0.1, 0.15) is 0 Å². The van der Waals surface area contributed by atoms with Gasteiger partial charge < -0.3 is 14.4 Å². The molecule has 1 aromatic rings. The molecule has 5 nitrogen and oxygen atoms in total. The summed E-state index contributed by atoms with van der Waals surface area (Å²) in [4.78, 5) is 19.1. The third-order valence-electron chi connectivity index (χ3n) is 2.84. The molecule has 0 spiro atoms. The van der Waals surface area contributed by atoms with Crippen LogP contribution in [-0.2, 0) is 14.3 Å². The highest BCUT2D eigenvalue weighted by Gasteiger charge is 2.30. The third kappa shape index (κ3) is 4.16. The first-order valence-electron chi connectivity index (χ1n) is 6.57. The molecule has 1 fully saturated rings. The summed E-state index contributed by atoms with van der Waals surface area (Å²) in [5.74, 6) is -0.433. The second-order valence-corrected chi connectivity index (χ2v) is 5.71. The number of esters is 1. The van der Waals surface area contributed by atoms with Crippen LogP contribution in [0.4, 0.5) is 5.69 Å². The number of aliphatic imine (C=N–C) groups is 1. The molecule has 1 heterocycles. The third-order valence-corrected chi connectivity index (χ3v) is 4.43. The maximum Gasteiger partial charge on any atom is 0.331 e. The highest BCUT2D eigenvalue weighted by Crippen LogP contribution is 2.33. The lowest BCUT2D eigenvalue weighted by Crippen LogP contribution is -2.31. The second kappa shape index (κ2) is 8.07. The Morgan fingerprint density at radius 3 is 2.73 bits per heavy atom. The molecule has 0 bridgehead atoms. The Bertz CT molecular complexity index is 614. The van der Waals surface area contributed by atoms with Gasteiger partial charge in [0, 0.05) is 19.7 Å². The molecule has 0 N–H and O–H groups in total. The lowest BCUT2D eigenvalue weighted by Gasteiger charge is -2.16. The molecule has 0 saturated carbocycles. The van der Waals surface area contributed by atoms with E-state index in [0.717, 1.165) is 10.9 Å². The summed E-state index contributed by atoms with van der Waals surface area (Å²) in [7, 11) is 2.97. The number of thioether (sulfide) groups is 1. The lowest BCUT2D eigenvalue weighted by atomic mass is 10.3. The van der Waals surface area contributed by atoms with Crippen molar-refractivity contribution in [3.63, 3.8) is 0 Å². The zero-order chi connectivity index (χ0) is 15.9. The largest absolute Gasteiger partial charge is 0.466 e. The van der Waals surface area contributed by atoms with Gasteiger partial charge in [0.1, 0.15) is 4.99 Å². The summed E-state index contributed by atoms with van der Waals surface area (Å²) in [6.45, 7) is 1.09. The first kappa shape index (κ1) is 16.7. The minimum atomic E-state index is -0.433. The standard InChI is InChI=1S/C15H16N2O3S2/c1-19-9-8-17-14(21)12(10-13(18)20-2)22-15(17)16-11-6-4-3-5-7-11/h3-7,10H,8-9H2,1-2H3/b12-10-,16-15?. The van der Waals surface area contributed by atoms with Crippen molar-refractivity contribution >= 4 is 45.8 Å². The van der Waals surface area contributed by atoms with E-state index in [9.17, 15) is 4.79 Å². The molecule has 7 heteroatoms. The first-order chi connectivity index (χ1) is 10.7. The smallest absolute Gasteiger partial charge is 0.331 e. The number of ether oxygens (including phenoxy) is 2. The normalized spacial score (nSPS) is 18.3. The van der Waals surface area contributed by atoms with Gasteiger partial charge in [-0.25, -0.2) is 9.79 Å². The van der Waals surface area contributed by atoms with Crippen LogP contribution in [0.5, 0.6) is 0 Å². The molecule has 1 aliphatic rings. The monoisotopic (exact) mass is 336 g/mol. The van der Waals surface area contributed by atoms with Gasteiger partial charge in [0.25, 0.3) is 0 Å². The molecule has 0 atom stereocenters. The van der Waals surface area contributed by atoms with Crippen LogP contribution < -0.4 is 0 Å². The van der Waals surface area contributed by atoms with Gasteiger partial charge in [0.05, 0.1) is 24.3 Å². The van der Waals surface area contributed by atoms with E-state index in [0.29, 0.717) is 23.0 Å². The van der Waals surface area contributed by atoms with Gasteiger partial charge in [-0.2, -0.15) is 0 Å². The van der Waals surface area contributed by atoms with Crippen LogP contribution in [-0.4, -0.2) is 48.4 Å². The van der Waals surface area contributed by atoms with Crippen LogP contribution in [0.3, 0.4) is 0 Å². The first-order valence-corrected chi connectivity index (χ1v) is 7.80. The molecule has 2 rings (SSSR count). The molecule has 22 heavy (non-hydrogen) atoms. The number of methoxy groups -OCH3 is 2. The number of benzene rings is 1. The van der Waals surface area contributed by atoms with E-state index in [-0.39, 0.29) is 0 Å². The maximum atomic E-state index is 11.4. The number of para-hydroxylation sites is 1. The van der Waals surface area contributed by atoms with Gasteiger partial charge in [-0.15, -0.1) is 0 Å². The van der Waals surface area contributed by atoms with E-state index in [1.165, 1.54) is 24.9 Å². The molecular formula is C15H16N2O3S2. The average molecular weight is 336 g/mol. The van der Waals surface area contributed by atoms with Crippen molar-refractivity contribution in [1.82, 2.24) is 4.90 Å². The highest BCUT2D eigenvalue weighted by atomic mass is 32.2. The number of hydrogen-bond donors (Lipinski definition) is 0. The molecular weight excluding hydrogens is 320 g/mol. The molecule has 0 amide bonds. The fourth-order valence-corrected chi connectivity index (χ4v) is 3.16. The van der Waals surface area contributed by atoms with E-state index in [1.54, 1.807) is 7.11 Å². The predicted molar refractivity (Wildman–Crippen MR) is 92.4 cm³/mol. The topological polar surface area (TPSA) is 51.1 Å². The Hall–Kier alpha value is -1.70. The summed E-state index contributed by atoms with van der Waals surface area (Å²) in [6.07, 6.45) is 1.39. The van der Waals surface area contributed by atoms with E-state index in [4.69, 9.17) is 17.0 Å². The number of hydrogen-bond acceptors (Lipinski definition) is 6. The van der Waals surface area contributed by atoms with Gasteiger partial charge in [0.15, 0.2) is 5.17 Å². The van der Waals surface area contributed by atoms with Crippen LogP contribution in [0.2, 0.25) is 0 Å². The number of carbonyl (C=O) groups excluding carboxylic acids is 1. The number of thiocarbonyl (C=S) groups is 1. The quantitative estimate of drug-likeness (QED) is 0.468. The van der Waals surface area contributed by atoms with Gasteiger partial charge >= 0.3 is 5.97 Å². The lowest BCUT2D eigenvalue weighted by molar-refractivity contribution is -0.134. The van der Waals surface area contributed by atoms with Crippen molar-refractivity contribution in [2.75, 3.05) is 27.4 Å². The Labute approximate surface area is 139 Å². The van der Waals surface area contributed by atoms with Crippen molar-refractivity contribution in [2.45, 2.75) is 0 Å². The number of carbonyl (C=O) groups is 1. The van der Waals surface area contributed by atoms with Crippen molar-refractivity contribution in [3.8, 4) is 0 Å². The minimum absolute atomic E-state index is 0.433. The zero-order valence-electron chi connectivity index (χ0n) is 12.3. The number of rotatable bonds is 5. The molecule has 116 valence electrons. The SMILES string of the molecule is COCCN1C(=S)/C(=C/C(=O)OC)SC1=Nc1ccccc1. The van der Waals surface area contributed by atoms with Gasteiger partial charge in [-0.05, 0) is 23.9 Å². The predicted octanol–water partition coefficient (Wildman–Crippen LogP) is 2.75. The van der Waals surface area contributed by atoms with Gasteiger partial charge in [0.2, 0.25) is 0 Å². The van der Waals surface area contributed by atoms with Crippen LogP contribution >= 0.6 is 24.0 Å². The molecule has 0 aliphatic carbocycles. The van der Waals surface area contributed by atoms with Crippen LogP contribution in [0.15, 0.2) is 46.3 Å². The second-order valence-electron chi connectivity index (χ2n) is 4.31. The minimum Gasteiger partial charge on any atom is -0.466 e. The fraction of sp³-hybridized carbons (Fsp3) is 0.267. The van der Waals surface area contributed by atoms with Crippen LogP contribution in [0, 0.1) is 0 Å². The Morgan fingerprint density at radius 2 is 2.09 bits per heavy atom. The number of amidine groups is 1. The van der Waals surface area contributed by atoms with Crippen molar-refractivity contribution < 1.29 is 14.3 Å². The molecule has 0 aromatic heterocycles. The summed E-state index contributed by atoms with van der Waals surface area (Å²) in [6, 6.07) is 9.59. The molecule has 0 unspecified atom stereocenters. The molecule has 1 saturated heterocycles. The highest BCUT2D eigenvalue weighted by molar-refractivity contribution is 8.19. The summed E-state index contributed by atoms with van der Waals surface area (Å²) in [5, 5.41) is 0.725. The Balaban J connectivity index is 2.30. The molecule has 1 aliphatic heterocycles.